The van der Waals surface area contributed by atoms with Crippen molar-refractivity contribution in [1.29, 1.82) is 0 Å². The van der Waals surface area contributed by atoms with Crippen LogP contribution in [0, 0.1) is 0 Å². The number of nitrogen functional groups attached to an aromatic ring is 1. The Morgan fingerprint density at radius 3 is 2.63 bits per heavy atom. The van der Waals surface area contributed by atoms with Crippen molar-refractivity contribution >= 4 is 28.3 Å². The molecule has 0 spiro atoms. The van der Waals surface area contributed by atoms with Gasteiger partial charge in [0.15, 0.2) is 5.82 Å². The minimum Gasteiger partial charge on any atom is -0.382 e. The summed E-state index contributed by atoms with van der Waals surface area (Å²) in [4.78, 5) is 22.6. The number of fused-ring (bicyclic) bond motifs is 3. The van der Waals surface area contributed by atoms with Crippen molar-refractivity contribution in [3.8, 4) is 0 Å². The van der Waals surface area contributed by atoms with Crippen molar-refractivity contribution in [2.45, 2.75) is 19.6 Å². The van der Waals surface area contributed by atoms with Crippen molar-refractivity contribution in [2.75, 3.05) is 12.3 Å². The molecule has 0 fully saturated rings. The highest BCUT2D eigenvalue weighted by Gasteiger charge is 2.30. The van der Waals surface area contributed by atoms with Gasteiger partial charge in [0.05, 0.1) is 35.0 Å². The molecule has 154 valence electrons. The van der Waals surface area contributed by atoms with Crippen LogP contribution in [0.25, 0.3) is 16.6 Å². The highest BCUT2D eigenvalue weighted by atomic mass is 19.4. The number of nitrogens with zero attached hydrogens (tertiary/aromatic N) is 6. The standard InChI is InChI=1S/C19H16F3N7O/c1-2-28(10-13-5-4-12(8-24-13)19(20,21)22)18(30)11-3-6-14-15(7-11)29-16(9-25-27-29)17(23)26-14/h3-9H,2,10H2,1H3,(H2,23,26). The molecular formula is C19H16F3N7O. The molecule has 0 saturated carbocycles. The number of benzene rings is 1. The van der Waals surface area contributed by atoms with Crippen molar-refractivity contribution < 1.29 is 18.0 Å². The number of nitrogens with two attached hydrogens (primary N) is 1. The van der Waals surface area contributed by atoms with Gasteiger partial charge in [-0.2, -0.15) is 13.2 Å². The molecule has 0 aliphatic carbocycles. The van der Waals surface area contributed by atoms with Gasteiger partial charge in [0.2, 0.25) is 0 Å². The van der Waals surface area contributed by atoms with E-state index < -0.39 is 11.7 Å². The van der Waals surface area contributed by atoms with Crippen LogP contribution in [0.4, 0.5) is 19.0 Å². The van der Waals surface area contributed by atoms with Crippen LogP contribution in [0.15, 0.2) is 42.7 Å². The maximum atomic E-state index is 13.0. The smallest absolute Gasteiger partial charge is 0.382 e. The number of carbonyl (C=O) groups is 1. The van der Waals surface area contributed by atoms with Crippen LogP contribution < -0.4 is 5.73 Å². The average molecular weight is 415 g/mol. The number of anilines is 1. The van der Waals surface area contributed by atoms with Crippen molar-refractivity contribution in [3.63, 3.8) is 0 Å². The summed E-state index contributed by atoms with van der Waals surface area (Å²) < 4.78 is 39.6. The van der Waals surface area contributed by atoms with Crippen LogP contribution in [0.5, 0.6) is 0 Å². The minimum absolute atomic E-state index is 0.0736. The quantitative estimate of drug-likeness (QED) is 0.550. The second-order valence-corrected chi connectivity index (χ2v) is 6.59. The lowest BCUT2D eigenvalue weighted by Gasteiger charge is -2.21. The Labute approximate surface area is 168 Å². The van der Waals surface area contributed by atoms with E-state index in [9.17, 15) is 18.0 Å². The van der Waals surface area contributed by atoms with Gasteiger partial charge in [0.25, 0.3) is 5.91 Å². The Balaban J connectivity index is 1.63. The molecule has 4 rings (SSSR count). The number of hydrogen-bond donors (Lipinski definition) is 1. The third-order valence-electron chi connectivity index (χ3n) is 4.68. The molecule has 0 unspecified atom stereocenters. The van der Waals surface area contributed by atoms with E-state index in [1.54, 1.807) is 25.1 Å². The zero-order valence-electron chi connectivity index (χ0n) is 15.8. The number of hydrogen-bond acceptors (Lipinski definition) is 6. The summed E-state index contributed by atoms with van der Waals surface area (Å²) in [6, 6.07) is 7.13. The first-order valence-electron chi connectivity index (χ1n) is 8.99. The molecule has 3 aromatic heterocycles. The van der Waals surface area contributed by atoms with E-state index in [2.05, 4.69) is 20.3 Å². The normalized spacial score (nSPS) is 11.9. The largest absolute Gasteiger partial charge is 0.417 e. The second-order valence-electron chi connectivity index (χ2n) is 6.59. The Morgan fingerprint density at radius 2 is 1.97 bits per heavy atom. The molecule has 3 heterocycles. The predicted molar refractivity (Wildman–Crippen MR) is 102 cm³/mol. The van der Waals surface area contributed by atoms with Crippen LogP contribution in [0.3, 0.4) is 0 Å². The van der Waals surface area contributed by atoms with Crippen LogP contribution in [0.2, 0.25) is 0 Å². The van der Waals surface area contributed by atoms with E-state index in [0.29, 0.717) is 34.4 Å². The summed E-state index contributed by atoms with van der Waals surface area (Å²) in [5.41, 5.74) is 7.42. The number of carbonyl (C=O) groups excluding carboxylic acids is 1. The number of amides is 1. The SMILES string of the molecule is CCN(Cc1ccc(C(F)(F)F)cn1)C(=O)c1ccc2nc(N)c3cnnn3c2c1. The van der Waals surface area contributed by atoms with Crippen LogP contribution in [-0.4, -0.2) is 42.1 Å². The highest BCUT2D eigenvalue weighted by molar-refractivity contribution is 5.98. The Kier molecular flexibility index (Phi) is 4.72. The molecule has 11 heteroatoms. The highest BCUT2D eigenvalue weighted by Crippen LogP contribution is 2.28. The third-order valence-corrected chi connectivity index (χ3v) is 4.68. The maximum Gasteiger partial charge on any atom is 0.417 e. The number of aromatic nitrogens is 5. The van der Waals surface area contributed by atoms with Crippen LogP contribution >= 0.6 is 0 Å². The molecule has 0 saturated heterocycles. The summed E-state index contributed by atoms with van der Waals surface area (Å²) in [5, 5.41) is 7.82. The zero-order chi connectivity index (χ0) is 21.5. The number of alkyl halides is 3. The maximum absolute atomic E-state index is 13.0. The average Bonchev–Trinajstić information content (AvgIpc) is 3.22. The van der Waals surface area contributed by atoms with Gasteiger partial charge in [-0.15, -0.1) is 5.10 Å². The molecule has 0 atom stereocenters. The van der Waals surface area contributed by atoms with Crippen molar-refractivity contribution in [3.05, 3.63) is 59.5 Å². The summed E-state index contributed by atoms with van der Waals surface area (Å²) in [6.45, 7) is 2.20. The molecule has 0 radical (unpaired) electrons. The molecule has 1 aromatic carbocycles. The van der Waals surface area contributed by atoms with Gasteiger partial charge in [-0.05, 0) is 37.3 Å². The molecule has 2 N–H and O–H groups in total. The molecule has 0 aliphatic rings. The van der Waals surface area contributed by atoms with Crippen LogP contribution in [-0.2, 0) is 12.7 Å². The predicted octanol–water partition coefficient (Wildman–Crippen LogP) is 2.94. The van der Waals surface area contributed by atoms with Gasteiger partial charge in [-0.1, -0.05) is 5.21 Å². The monoisotopic (exact) mass is 415 g/mol. The van der Waals surface area contributed by atoms with Gasteiger partial charge >= 0.3 is 6.18 Å². The van der Waals surface area contributed by atoms with Gasteiger partial charge in [-0.3, -0.25) is 9.78 Å². The summed E-state index contributed by atoms with van der Waals surface area (Å²) in [6.07, 6.45) is -2.22. The molecule has 0 aliphatic heterocycles. The van der Waals surface area contributed by atoms with E-state index in [-0.39, 0.29) is 18.3 Å². The molecule has 0 bridgehead atoms. The molecular weight excluding hydrogens is 399 g/mol. The van der Waals surface area contributed by atoms with E-state index in [1.165, 1.54) is 21.7 Å². The molecule has 8 nitrogen and oxygen atoms in total. The number of pyridine rings is 1. The summed E-state index contributed by atoms with van der Waals surface area (Å²) in [5.74, 6) is -0.0265. The lowest BCUT2D eigenvalue weighted by atomic mass is 10.1. The molecule has 30 heavy (non-hydrogen) atoms. The fourth-order valence-electron chi connectivity index (χ4n) is 3.09. The molecule has 1 amide bonds. The summed E-state index contributed by atoms with van der Waals surface area (Å²) in [7, 11) is 0. The van der Waals surface area contributed by atoms with E-state index >= 15 is 0 Å². The Hall–Kier alpha value is -3.76. The fourth-order valence-corrected chi connectivity index (χ4v) is 3.09. The zero-order valence-corrected chi connectivity index (χ0v) is 15.8. The minimum atomic E-state index is -4.46. The van der Waals surface area contributed by atoms with Gasteiger partial charge in [0.1, 0.15) is 5.52 Å². The van der Waals surface area contributed by atoms with E-state index in [1.807, 2.05) is 0 Å². The lowest BCUT2D eigenvalue weighted by Crippen LogP contribution is -2.30. The van der Waals surface area contributed by atoms with Gasteiger partial charge in [0, 0.05) is 18.3 Å². The van der Waals surface area contributed by atoms with E-state index in [0.717, 1.165) is 12.3 Å². The fraction of sp³-hybridized carbons (Fsp3) is 0.211. The van der Waals surface area contributed by atoms with Gasteiger partial charge < -0.3 is 10.6 Å². The van der Waals surface area contributed by atoms with Crippen molar-refractivity contribution in [1.82, 2.24) is 29.7 Å². The first-order valence-corrected chi connectivity index (χ1v) is 8.99. The van der Waals surface area contributed by atoms with E-state index in [4.69, 9.17) is 5.73 Å². The number of rotatable bonds is 4. The topological polar surface area (TPSA) is 102 Å². The Morgan fingerprint density at radius 1 is 1.17 bits per heavy atom. The third kappa shape index (κ3) is 3.49. The number of halogens is 3. The van der Waals surface area contributed by atoms with Crippen molar-refractivity contribution in [2.24, 2.45) is 0 Å². The summed E-state index contributed by atoms with van der Waals surface area (Å²) >= 11 is 0. The first kappa shape index (κ1) is 19.6. The lowest BCUT2D eigenvalue weighted by molar-refractivity contribution is -0.137. The van der Waals surface area contributed by atoms with Crippen LogP contribution in [0.1, 0.15) is 28.5 Å². The van der Waals surface area contributed by atoms with Gasteiger partial charge in [-0.25, -0.2) is 9.50 Å². The Bertz CT molecular complexity index is 1230. The molecule has 4 aromatic rings. The first-order chi connectivity index (χ1) is 14.3. The second kappa shape index (κ2) is 7.25.